The monoisotopic (exact) mass is 332 g/mol. The third-order valence-electron chi connectivity index (χ3n) is 3.48. The zero-order valence-electron chi connectivity index (χ0n) is 12.1. The summed E-state index contributed by atoms with van der Waals surface area (Å²) in [6.45, 7) is 1.58. The summed E-state index contributed by atoms with van der Waals surface area (Å²) in [4.78, 5) is 0.0240. The van der Waals surface area contributed by atoms with Gasteiger partial charge in [-0.15, -0.1) is 0 Å². The highest BCUT2D eigenvalue weighted by atomic mass is 32.2. The second-order valence-corrected chi connectivity index (χ2v) is 9.38. The molecule has 1 aliphatic rings. The lowest BCUT2D eigenvalue weighted by Crippen LogP contribution is -2.29. The Balaban J connectivity index is 2.31. The predicted molar refractivity (Wildman–Crippen MR) is 82.2 cm³/mol. The van der Waals surface area contributed by atoms with E-state index >= 15 is 0 Å². The highest BCUT2D eigenvalue weighted by Crippen LogP contribution is 2.25. The molecule has 0 saturated carbocycles. The average Bonchev–Trinajstić information content (AvgIpc) is 2.87. The van der Waals surface area contributed by atoms with Gasteiger partial charge in [-0.05, 0) is 37.6 Å². The number of anilines is 1. The number of rotatable bonds is 5. The van der Waals surface area contributed by atoms with E-state index in [0.717, 1.165) is 31.9 Å². The van der Waals surface area contributed by atoms with E-state index in [9.17, 15) is 16.8 Å². The summed E-state index contributed by atoms with van der Waals surface area (Å²) < 4.78 is 46.9. The van der Waals surface area contributed by atoms with Crippen LogP contribution in [0.1, 0.15) is 12.8 Å². The molecule has 118 valence electrons. The lowest BCUT2D eigenvalue weighted by Gasteiger charge is -2.15. The Labute approximate surface area is 125 Å². The minimum Gasteiger partial charge on any atom is -0.382 e. The van der Waals surface area contributed by atoms with E-state index in [1.807, 2.05) is 0 Å². The fraction of sp³-hybridized carbons (Fsp3) is 0.538. The molecule has 2 rings (SSSR count). The second-order valence-electron chi connectivity index (χ2n) is 5.38. The molecule has 1 heterocycles. The van der Waals surface area contributed by atoms with Crippen molar-refractivity contribution in [2.24, 2.45) is 0 Å². The first-order valence-corrected chi connectivity index (χ1v) is 10.5. The zero-order chi connectivity index (χ0) is 15.7. The largest absolute Gasteiger partial charge is 0.382 e. The molecular weight excluding hydrogens is 312 g/mol. The molecule has 0 bridgehead atoms. The van der Waals surface area contributed by atoms with Crippen molar-refractivity contribution in [2.45, 2.75) is 28.7 Å². The number of nitrogens with one attached hydrogen (secondary N) is 2. The quantitative estimate of drug-likeness (QED) is 0.823. The van der Waals surface area contributed by atoms with E-state index in [1.165, 1.54) is 18.2 Å². The van der Waals surface area contributed by atoms with Gasteiger partial charge >= 0.3 is 0 Å². The van der Waals surface area contributed by atoms with Crippen LogP contribution in [-0.2, 0) is 19.7 Å². The van der Waals surface area contributed by atoms with Crippen LogP contribution in [0.15, 0.2) is 28.0 Å². The van der Waals surface area contributed by atoms with E-state index in [4.69, 9.17) is 0 Å². The van der Waals surface area contributed by atoms with Crippen LogP contribution in [0.2, 0.25) is 0 Å². The number of sulfone groups is 2. The molecule has 1 unspecified atom stereocenters. The number of hydrogen-bond acceptors (Lipinski definition) is 6. The molecule has 0 aromatic heterocycles. The Morgan fingerprint density at radius 3 is 2.43 bits per heavy atom. The first kappa shape index (κ1) is 16.3. The highest BCUT2D eigenvalue weighted by Gasteiger charge is 2.19. The van der Waals surface area contributed by atoms with Crippen molar-refractivity contribution in [3.8, 4) is 0 Å². The first-order chi connectivity index (χ1) is 9.68. The fourth-order valence-electron chi connectivity index (χ4n) is 2.35. The molecule has 21 heavy (non-hydrogen) atoms. The predicted octanol–water partition coefficient (Wildman–Crippen LogP) is 0.657. The summed E-state index contributed by atoms with van der Waals surface area (Å²) in [7, 11) is -6.95. The van der Waals surface area contributed by atoms with Gasteiger partial charge in [0.05, 0.1) is 15.5 Å². The van der Waals surface area contributed by atoms with E-state index in [-0.39, 0.29) is 9.79 Å². The van der Waals surface area contributed by atoms with Gasteiger partial charge in [0.1, 0.15) is 0 Å². The lowest BCUT2D eigenvalue weighted by molar-refractivity contribution is 0.599. The van der Waals surface area contributed by atoms with Gasteiger partial charge < -0.3 is 10.6 Å². The van der Waals surface area contributed by atoms with Gasteiger partial charge in [-0.25, -0.2) is 16.8 Å². The van der Waals surface area contributed by atoms with E-state index in [1.54, 1.807) is 0 Å². The molecule has 8 heteroatoms. The molecule has 0 aliphatic carbocycles. The van der Waals surface area contributed by atoms with Gasteiger partial charge in [0, 0.05) is 25.1 Å². The molecule has 1 aliphatic heterocycles. The summed E-state index contributed by atoms with van der Waals surface area (Å²) >= 11 is 0. The normalized spacial score (nSPS) is 19.6. The Kier molecular flexibility index (Phi) is 4.60. The van der Waals surface area contributed by atoms with Crippen molar-refractivity contribution in [3.05, 3.63) is 18.2 Å². The summed E-state index contributed by atoms with van der Waals surface area (Å²) in [6, 6.07) is 4.47. The maximum absolute atomic E-state index is 11.9. The average molecular weight is 332 g/mol. The van der Waals surface area contributed by atoms with Crippen LogP contribution in [0.3, 0.4) is 0 Å². The van der Waals surface area contributed by atoms with Crippen molar-refractivity contribution in [1.82, 2.24) is 5.32 Å². The summed E-state index contributed by atoms with van der Waals surface area (Å²) in [5.41, 5.74) is 0.443. The molecule has 0 spiro atoms. The van der Waals surface area contributed by atoms with Crippen molar-refractivity contribution < 1.29 is 16.8 Å². The van der Waals surface area contributed by atoms with Crippen LogP contribution in [0, 0.1) is 0 Å². The maximum atomic E-state index is 11.9. The van der Waals surface area contributed by atoms with Crippen LogP contribution in [0.4, 0.5) is 5.69 Å². The van der Waals surface area contributed by atoms with E-state index in [2.05, 4.69) is 10.6 Å². The van der Waals surface area contributed by atoms with Crippen molar-refractivity contribution in [2.75, 3.05) is 30.9 Å². The number of hydrogen-bond donors (Lipinski definition) is 2. The minimum absolute atomic E-state index is 0.00691. The maximum Gasteiger partial charge on any atom is 0.177 e. The first-order valence-electron chi connectivity index (χ1n) is 6.69. The van der Waals surface area contributed by atoms with Crippen LogP contribution < -0.4 is 10.6 Å². The van der Waals surface area contributed by atoms with Gasteiger partial charge in [0.25, 0.3) is 0 Å². The Bertz CT molecular complexity index is 721. The molecule has 1 aromatic rings. The Hall–Kier alpha value is -1.12. The standard InChI is InChI=1S/C13H20N2O4S2/c1-20(16,17)11-5-6-12(13(8-11)21(2,18)19)15-9-10-4-3-7-14-10/h5-6,8,10,14-15H,3-4,7,9H2,1-2H3. The summed E-state index contributed by atoms with van der Waals surface area (Å²) in [5.74, 6) is 0. The lowest BCUT2D eigenvalue weighted by atomic mass is 10.2. The summed E-state index contributed by atoms with van der Waals surface area (Å²) in [6.07, 6.45) is 4.29. The van der Waals surface area contributed by atoms with Crippen molar-refractivity contribution >= 4 is 25.4 Å². The van der Waals surface area contributed by atoms with Crippen LogP contribution >= 0.6 is 0 Å². The van der Waals surface area contributed by atoms with Gasteiger partial charge in [-0.2, -0.15) is 0 Å². The molecule has 0 radical (unpaired) electrons. The van der Waals surface area contributed by atoms with Gasteiger partial charge in [0.2, 0.25) is 0 Å². The van der Waals surface area contributed by atoms with Crippen LogP contribution in [0.5, 0.6) is 0 Å². The van der Waals surface area contributed by atoms with Gasteiger partial charge in [0.15, 0.2) is 19.7 Å². The summed E-state index contributed by atoms with van der Waals surface area (Å²) in [5, 5.41) is 6.42. The van der Waals surface area contributed by atoms with Crippen molar-refractivity contribution in [1.29, 1.82) is 0 Å². The fourth-order valence-corrected chi connectivity index (χ4v) is 3.95. The van der Waals surface area contributed by atoms with Crippen molar-refractivity contribution in [3.63, 3.8) is 0 Å². The SMILES string of the molecule is CS(=O)(=O)c1ccc(NCC2CCCN2)c(S(C)(=O)=O)c1. The molecule has 0 amide bonds. The molecular formula is C13H20N2O4S2. The molecule has 1 saturated heterocycles. The smallest absolute Gasteiger partial charge is 0.177 e. The zero-order valence-corrected chi connectivity index (χ0v) is 13.7. The van der Waals surface area contributed by atoms with Gasteiger partial charge in [-0.1, -0.05) is 0 Å². The second kappa shape index (κ2) is 5.94. The molecule has 6 nitrogen and oxygen atoms in total. The third kappa shape index (κ3) is 4.18. The topological polar surface area (TPSA) is 92.3 Å². The van der Waals surface area contributed by atoms with Crippen LogP contribution in [0.25, 0.3) is 0 Å². The molecule has 1 atom stereocenters. The number of benzene rings is 1. The van der Waals surface area contributed by atoms with Gasteiger partial charge in [-0.3, -0.25) is 0 Å². The Morgan fingerprint density at radius 2 is 1.90 bits per heavy atom. The van der Waals surface area contributed by atoms with Crippen LogP contribution in [-0.4, -0.2) is 48.5 Å². The third-order valence-corrected chi connectivity index (χ3v) is 5.73. The minimum atomic E-state index is -3.51. The molecule has 1 aromatic carbocycles. The Morgan fingerprint density at radius 1 is 1.19 bits per heavy atom. The molecule has 2 N–H and O–H groups in total. The molecule has 1 fully saturated rings. The van der Waals surface area contributed by atoms with E-state index < -0.39 is 19.7 Å². The van der Waals surface area contributed by atoms with E-state index in [0.29, 0.717) is 18.3 Å². The highest BCUT2D eigenvalue weighted by molar-refractivity contribution is 7.91.